The predicted octanol–water partition coefficient (Wildman–Crippen LogP) is 6.96. The van der Waals surface area contributed by atoms with Crippen molar-refractivity contribution in [1.82, 2.24) is 0 Å². The lowest BCUT2D eigenvalue weighted by atomic mass is 10.1. The Balaban J connectivity index is 1.55. The molecule has 0 unspecified atom stereocenters. The van der Waals surface area contributed by atoms with E-state index in [0.29, 0.717) is 38.0 Å². The minimum Gasteiger partial charge on any atom is -0.487 e. The van der Waals surface area contributed by atoms with Gasteiger partial charge in [-0.3, -0.25) is 10.1 Å². The maximum atomic E-state index is 12.4. The number of nitrogens with zero attached hydrogens (tertiary/aromatic N) is 2. The minimum absolute atomic E-state index is 0.0107. The first-order valence-electron chi connectivity index (χ1n) is 9.85. The van der Waals surface area contributed by atoms with Crippen molar-refractivity contribution >= 4 is 78.1 Å². The second kappa shape index (κ2) is 10.4. The number of nitro groups is 1. The van der Waals surface area contributed by atoms with Crippen LogP contribution in [0, 0.1) is 20.6 Å². The number of aryl methyl sites for hydroxylation is 1. The number of esters is 1. The Morgan fingerprint density at radius 3 is 2.41 bits per heavy atom. The van der Waals surface area contributed by atoms with Crippen molar-refractivity contribution in [3.8, 4) is 5.75 Å². The molecule has 34 heavy (non-hydrogen) atoms. The zero-order valence-corrected chi connectivity index (χ0v) is 22.9. The molecule has 0 spiro atoms. The Morgan fingerprint density at radius 1 is 1.12 bits per heavy atom. The molecule has 10 heteroatoms. The van der Waals surface area contributed by atoms with Gasteiger partial charge in [0.25, 0.3) is 5.69 Å². The molecule has 0 fully saturated rings. The molecular formula is C24H15Br2IN2O5. The van der Waals surface area contributed by atoms with Crippen LogP contribution in [0.3, 0.4) is 0 Å². The Hall–Kier alpha value is -2.57. The van der Waals surface area contributed by atoms with E-state index < -0.39 is 10.9 Å². The quantitative estimate of drug-likeness (QED) is 0.0914. The number of cyclic esters (lactones) is 1. The first-order chi connectivity index (χ1) is 16.2. The molecule has 3 aromatic carbocycles. The van der Waals surface area contributed by atoms with Gasteiger partial charge in [-0.15, -0.1) is 0 Å². The fourth-order valence-electron chi connectivity index (χ4n) is 3.22. The van der Waals surface area contributed by atoms with Crippen LogP contribution in [-0.2, 0) is 16.1 Å². The number of hydrogen-bond donors (Lipinski definition) is 0. The third kappa shape index (κ3) is 5.56. The number of nitro benzene ring substituents is 1. The zero-order valence-electron chi connectivity index (χ0n) is 17.6. The molecule has 0 N–H and O–H groups in total. The first-order valence-corrected chi connectivity index (χ1v) is 12.5. The highest BCUT2D eigenvalue weighted by molar-refractivity contribution is 14.1. The molecule has 1 aliphatic rings. The zero-order chi connectivity index (χ0) is 24.4. The molecule has 0 saturated carbocycles. The summed E-state index contributed by atoms with van der Waals surface area (Å²) in [5.41, 5.74) is 2.80. The highest BCUT2D eigenvalue weighted by Crippen LogP contribution is 2.36. The number of ether oxygens (including phenoxy) is 2. The summed E-state index contributed by atoms with van der Waals surface area (Å²) in [6.07, 6.45) is 1.60. The van der Waals surface area contributed by atoms with Crippen LogP contribution in [0.25, 0.3) is 6.08 Å². The summed E-state index contributed by atoms with van der Waals surface area (Å²) >= 11 is 9.31. The van der Waals surface area contributed by atoms with Crippen molar-refractivity contribution in [2.24, 2.45) is 4.99 Å². The van der Waals surface area contributed by atoms with Crippen molar-refractivity contribution in [1.29, 1.82) is 0 Å². The van der Waals surface area contributed by atoms with Crippen molar-refractivity contribution in [2.75, 3.05) is 0 Å². The normalized spacial score (nSPS) is 14.2. The van der Waals surface area contributed by atoms with Gasteiger partial charge in [0, 0.05) is 20.8 Å². The molecule has 0 aliphatic carbocycles. The van der Waals surface area contributed by atoms with E-state index in [4.69, 9.17) is 9.47 Å². The van der Waals surface area contributed by atoms with E-state index in [1.165, 1.54) is 12.1 Å². The molecule has 0 amide bonds. The highest BCUT2D eigenvalue weighted by Gasteiger charge is 2.25. The van der Waals surface area contributed by atoms with Gasteiger partial charge in [-0.2, -0.15) is 0 Å². The Morgan fingerprint density at radius 2 is 1.79 bits per heavy atom. The number of carbonyl (C=O) groups is 1. The minimum atomic E-state index is -0.600. The van der Waals surface area contributed by atoms with Crippen LogP contribution in [0.15, 0.2) is 74.2 Å². The molecule has 3 aromatic rings. The summed E-state index contributed by atoms with van der Waals surface area (Å²) in [6.45, 7) is 2.02. The van der Waals surface area contributed by atoms with Crippen LogP contribution in [0.4, 0.5) is 5.69 Å². The van der Waals surface area contributed by atoms with Crippen LogP contribution in [0.2, 0.25) is 0 Å². The smallest absolute Gasteiger partial charge is 0.363 e. The summed E-state index contributed by atoms with van der Waals surface area (Å²) < 4.78 is 13.8. The molecule has 0 bridgehead atoms. The Labute approximate surface area is 225 Å². The van der Waals surface area contributed by atoms with E-state index in [-0.39, 0.29) is 17.3 Å². The van der Waals surface area contributed by atoms with Gasteiger partial charge in [-0.1, -0.05) is 12.1 Å². The molecule has 0 radical (unpaired) electrons. The van der Waals surface area contributed by atoms with E-state index in [9.17, 15) is 14.9 Å². The van der Waals surface area contributed by atoms with Gasteiger partial charge in [0.15, 0.2) is 5.70 Å². The molecule has 1 heterocycles. The number of benzene rings is 3. The molecule has 1 aliphatic heterocycles. The van der Waals surface area contributed by atoms with E-state index in [0.717, 1.165) is 9.13 Å². The number of aliphatic imine (C=N–C) groups is 1. The van der Waals surface area contributed by atoms with Crippen LogP contribution in [0.5, 0.6) is 5.75 Å². The van der Waals surface area contributed by atoms with Crippen LogP contribution in [0.1, 0.15) is 22.3 Å². The summed E-state index contributed by atoms with van der Waals surface area (Å²) in [7, 11) is 0. The van der Waals surface area contributed by atoms with Gasteiger partial charge in [0.05, 0.1) is 13.9 Å². The maximum Gasteiger partial charge on any atom is 0.363 e. The van der Waals surface area contributed by atoms with Crippen LogP contribution in [-0.4, -0.2) is 16.8 Å². The molecular weight excluding hydrogens is 683 g/mol. The van der Waals surface area contributed by atoms with E-state index in [2.05, 4.69) is 59.4 Å². The molecule has 172 valence electrons. The van der Waals surface area contributed by atoms with Crippen molar-refractivity contribution in [3.63, 3.8) is 0 Å². The van der Waals surface area contributed by atoms with Gasteiger partial charge in [-0.25, -0.2) is 9.79 Å². The Kier molecular flexibility index (Phi) is 7.48. The molecule has 7 nitrogen and oxygen atoms in total. The lowest BCUT2D eigenvalue weighted by Crippen LogP contribution is -2.06. The highest BCUT2D eigenvalue weighted by atomic mass is 127. The van der Waals surface area contributed by atoms with E-state index in [1.807, 2.05) is 36.4 Å². The number of hydrogen-bond acceptors (Lipinski definition) is 6. The van der Waals surface area contributed by atoms with Gasteiger partial charge in [0.1, 0.15) is 12.4 Å². The summed E-state index contributed by atoms with van der Waals surface area (Å²) in [5, 5.41) is 11.0. The fraction of sp³-hybridized carbons (Fsp3) is 0.0833. The van der Waals surface area contributed by atoms with E-state index in [1.54, 1.807) is 19.1 Å². The number of halogens is 3. The number of carbonyl (C=O) groups excluding carboxylic acids is 1. The second-order valence-corrected chi connectivity index (χ2v) is 10.3. The van der Waals surface area contributed by atoms with E-state index >= 15 is 0 Å². The summed E-state index contributed by atoms with van der Waals surface area (Å²) in [5.74, 6) is 0.141. The lowest BCUT2D eigenvalue weighted by Gasteiger charge is -2.11. The van der Waals surface area contributed by atoms with Crippen molar-refractivity contribution in [2.45, 2.75) is 13.5 Å². The topological polar surface area (TPSA) is 91.0 Å². The van der Waals surface area contributed by atoms with Crippen molar-refractivity contribution < 1.29 is 19.2 Å². The van der Waals surface area contributed by atoms with Gasteiger partial charge in [0.2, 0.25) is 5.90 Å². The fourth-order valence-corrected chi connectivity index (χ4v) is 5.03. The van der Waals surface area contributed by atoms with Gasteiger partial charge >= 0.3 is 5.97 Å². The monoisotopic (exact) mass is 696 g/mol. The average Bonchev–Trinajstić information content (AvgIpc) is 3.14. The SMILES string of the molecule is Cc1cc(C2=N/C(=C\c3cc(Br)c(OCc4ccc(I)cc4)c(Br)c3)C(=O)O2)ccc1[N+](=O)[O-]. The second-order valence-electron chi connectivity index (χ2n) is 7.32. The molecule has 0 saturated heterocycles. The molecule has 0 aromatic heterocycles. The van der Waals surface area contributed by atoms with Crippen molar-refractivity contribution in [3.05, 3.63) is 105 Å². The van der Waals surface area contributed by atoms with Gasteiger partial charge < -0.3 is 9.47 Å². The maximum absolute atomic E-state index is 12.4. The third-order valence-corrected chi connectivity index (χ3v) is 6.78. The average molecular weight is 698 g/mol. The summed E-state index contributed by atoms with van der Waals surface area (Å²) in [6, 6.07) is 16.1. The number of rotatable bonds is 6. The molecule has 0 atom stereocenters. The molecule has 4 rings (SSSR count). The standard InChI is InChI=1S/C24H15Br2IN2O5/c1-13-8-16(4-7-21(13)29(31)32)23-28-20(24(30)34-23)11-15-9-18(25)22(19(26)10-15)33-12-14-2-5-17(27)6-3-14/h2-11H,12H2,1H3/b20-11-. The summed E-state index contributed by atoms with van der Waals surface area (Å²) in [4.78, 5) is 27.2. The van der Waals surface area contributed by atoms with Gasteiger partial charge in [-0.05, 0) is 115 Å². The largest absolute Gasteiger partial charge is 0.487 e. The Bertz CT molecular complexity index is 1350. The lowest BCUT2D eigenvalue weighted by molar-refractivity contribution is -0.385. The first kappa shape index (κ1) is 24.6. The third-order valence-electron chi connectivity index (χ3n) is 4.88. The van der Waals surface area contributed by atoms with Crippen LogP contribution < -0.4 is 4.74 Å². The van der Waals surface area contributed by atoms with Crippen LogP contribution >= 0.6 is 54.5 Å². The predicted molar refractivity (Wildman–Crippen MR) is 144 cm³/mol.